The summed E-state index contributed by atoms with van der Waals surface area (Å²) in [5.41, 5.74) is 0. The molecule has 0 bridgehead atoms. The molecule has 2 atom stereocenters. The summed E-state index contributed by atoms with van der Waals surface area (Å²) in [4.78, 5) is 30.5. The van der Waals surface area contributed by atoms with Crippen molar-refractivity contribution in [3.05, 3.63) is 0 Å². The van der Waals surface area contributed by atoms with Crippen LogP contribution in [0.5, 0.6) is 0 Å². The third kappa shape index (κ3) is 4.51. The van der Waals surface area contributed by atoms with Crippen LogP contribution in [0.1, 0.15) is 19.8 Å². The molecule has 0 saturated carbocycles. The van der Waals surface area contributed by atoms with Crippen molar-refractivity contribution in [2.45, 2.75) is 19.8 Å². The Balaban J connectivity index is 1.52. The molecule has 0 aliphatic carbocycles. The molecule has 25 heavy (non-hydrogen) atoms. The molecule has 3 rings (SSSR count). The molecule has 0 radical (unpaired) electrons. The zero-order chi connectivity index (χ0) is 17.8. The summed E-state index contributed by atoms with van der Waals surface area (Å²) in [5, 5.41) is 9.75. The Kier molecular flexibility index (Phi) is 6.30. The molecule has 3 saturated heterocycles. The molecular formula is C18H31N3O4. The van der Waals surface area contributed by atoms with Crippen molar-refractivity contribution in [1.82, 2.24) is 14.7 Å². The SMILES string of the molecule is CC(=O)N1CCC(C(=O)N2C[C@@H](CO)[C@@H](CN3CCOCC3)C2)CC1. The standard InChI is InChI=1S/C18H31N3O4/c1-14(23)20-4-2-15(3-5-20)18(24)21-11-16(17(12-21)13-22)10-19-6-8-25-9-7-19/h15-17,22H,2-13H2,1H3/t16-,17-/m0/s1. The molecule has 7 nitrogen and oxygen atoms in total. The third-order valence-corrected chi connectivity index (χ3v) is 6.01. The fraction of sp³-hybridized carbons (Fsp3) is 0.889. The quantitative estimate of drug-likeness (QED) is 0.748. The smallest absolute Gasteiger partial charge is 0.225 e. The van der Waals surface area contributed by atoms with E-state index in [1.54, 1.807) is 6.92 Å². The van der Waals surface area contributed by atoms with Gasteiger partial charge in [-0.2, -0.15) is 0 Å². The van der Waals surface area contributed by atoms with E-state index in [0.29, 0.717) is 25.6 Å². The highest BCUT2D eigenvalue weighted by Crippen LogP contribution is 2.28. The molecule has 0 spiro atoms. The molecule has 142 valence electrons. The molecule has 0 unspecified atom stereocenters. The number of aliphatic hydroxyl groups excluding tert-OH is 1. The molecule has 3 aliphatic rings. The van der Waals surface area contributed by atoms with E-state index in [1.807, 2.05) is 9.80 Å². The van der Waals surface area contributed by atoms with Crippen molar-refractivity contribution in [1.29, 1.82) is 0 Å². The van der Waals surface area contributed by atoms with Gasteiger partial charge in [0.25, 0.3) is 0 Å². The lowest BCUT2D eigenvalue weighted by Gasteiger charge is -2.33. The largest absolute Gasteiger partial charge is 0.396 e. The first-order valence-corrected chi connectivity index (χ1v) is 9.53. The van der Waals surface area contributed by atoms with Crippen molar-refractivity contribution in [2.75, 3.05) is 65.6 Å². The number of hydrogen-bond donors (Lipinski definition) is 1. The second-order valence-electron chi connectivity index (χ2n) is 7.64. The number of piperidine rings is 1. The summed E-state index contributed by atoms with van der Waals surface area (Å²) in [6.07, 6.45) is 1.51. The lowest BCUT2D eigenvalue weighted by Crippen LogP contribution is -2.44. The van der Waals surface area contributed by atoms with Gasteiger partial charge < -0.3 is 19.6 Å². The highest BCUT2D eigenvalue weighted by Gasteiger charge is 2.38. The predicted molar refractivity (Wildman–Crippen MR) is 92.9 cm³/mol. The van der Waals surface area contributed by atoms with E-state index in [2.05, 4.69) is 4.90 Å². The van der Waals surface area contributed by atoms with Crippen molar-refractivity contribution >= 4 is 11.8 Å². The van der Waals surface area contributed by atoms with E-state index in [-0.39, 0.29) is 30.3 Å². The lowest BCUT2D eigenvalue weighted by atomic mass is 9.95. The van der Waals surface area contributed by atoms with Crippen LogP contribution in [-0.4, -0.2) is 97.3 Å². The normalized spacial score (nSPS) is 29.2. The minimum atomic E-state index is 0.0251. The summed E-state index contributed by atoms with van der Waals surface area (Å²) in [7, 11) is 0. The number of ether oxygens (including phenoxy) is 1. The van der Waals surface area contributed by atoms with Crippen LogP contribution >= 0.6 is 0 Å². The fourth-order valence-electron chi connectivity index (χ4n) is 4.35. The average Bonchev–Trinajstić information content (AvgIpc) is 3.05. The molecule has 0 aromatic carbocycles. The van der Waals surface area contributed by atoms with Crippen LogP contribution in [0.15, 0.2) is 0 Å². The summed E-state index contributed by atoms with van der Waals surface area (Å²) in [5.74, 6) is 0.842. The number of carbonyl (C=O) groups excluding carboxylic acids is 2. The summed E-state index contributed by atoms with van der Waals surface area (Å²) >= 11 is 0. The minimum absolute atomic E-state index is 0.0251. The molecule has 7 heteroatoms. The topological polar surface area (TPSA) is 73.3 Å². The van der Waals surface area contributed by atoms with Crippen molar-refractivity contribution in [3.63, 3.8) is 0 Å². The summed E-state index contributed by atoms with van der Waals surface area (Å²) in [6.45, 7) is 8.85. The Labute approximate surface area is 149 Å². The van der Waals surface area contributed by atoms with Gasteiger partial charge in [-0.1, -0.05) is 0 Å². The second-order valence-corrected chi connectivity index (χ2v) is 7.64. The van der Waals surface area contributed by atoms with Crippen LogP contribution in [0, 0.1) is 17.8 Å². The van der Waals surface area contributed by atoms with E-state index in [1.165, 1.54) is 0 Å². The number of hydrogen-bond acceptors (Lipinski definition) is 5. The van der Waals surface area contributed by atoms with Gasteiger partial charge in [0.1, 0.15) is 0 Å². The van der Waals surface area contributed by atoms with Crippen molar-refractivity contribution in [2.24, 2.45) is 17.8 Å². The van der Waals surface area contributed by atoms with Crippen LogP contribution in [0.3, 0.4) is 0 Å². The Morgan fingerprint density at radius 2 is 1.64 bits per heavy atom. The van der Waals surface area contributed by atoms with Crippen LogP contribution in [0.4, 0.5) is 0 Å². The van der Waals surface area contributed by atoms with Crippen molar-refractivity contribution < 1.29 is 19.4 Å². The van der Waals surface area contributed by atoms with Gasteiger partial charge in [-0.25, -0.2) is 0 Å². The Morgan fingerprint density at radius 1 is 1.00 bits per heavy atom. The van der Waals surface area contributed by atoms with Gasteiger partial charge in [0.2, 0.25) is 11.8 Å². The van der Waals surface area contributed by atoms with Gasteiger partial charge in [0.15, 0.2) is 0 Å². The number of likely N-dealkylation sites (tertiary alicyclic amines) is 2. The predicted octanol–water partition coefficient (Wildman–Crippen LogP) is -0.356. The number of rotatable bonds is 4. The van der Waals surface area contributed by atoms with Gasteiger partial charge >= 0.3 is 0 Å². The molecule has 1 N–H and O–H groups in total. The van der Waals surface area contributed by atoms with Gasteiger partial charge in [-0.15, -0.1) is 0 Å². The summed E-state index contributed by atoms with van der Waals surface area (Å²) < 4.78 is 5.40. The zero-order valence-electron chi connectivity index (χ0n) is 15.2. The number of amides is 2. The Hall–Kier alpha value is -1.18. The van der Waals surface area contributed by atoms with Crippen LogP contribution in [0.25, 0.3) is 0 Å². The van der Waals surface area contributed by atoms with Gasteiger partial charge in [-0.05, 0) is 18.8 Å². The average molecular weight is 353 g/mol. The maximum Gasteiger partial charge on any atom is 0.225 e. The zero-order valence-corrected chi connectivity index (χ0v) is 15.2. The molecule has 3 fully saturated rings. The Bertz CT molecular complexity index is 473. The summed E-state index contributed by atoms with van der Waals surface area (Å²) in [6, 6.07) is 0. The third-order valence-electron chi connectivity index (χ3n) is 6.01. The molecule has 2 amide bonds. The maximum atomic E-state index is 12.9. The lowest BCUT2D eigenvalue weighted by molar-refractivity contribution is -0.139. The van der Waals surface area contributed by atoms with E-state index in [0.717, 1.165) is 52.2 Å². The van der Waals surface area contributed by atoms with Crippen LogP contribution in [-0.2, 0) is 14.3 Å². The molecule has 0 aromatic heterocycles. The monoisotopic (exact) mass is 353 g/mol. The number of carbonyl (C=O) groups is 2. The molecule has 3 heterocycles. The number of nitrogens with zero attached hydrogens (tertiary/aromatic N) is 3. The number of morpholine rings is 1. The first-order chi connectivity index (χ1) is 12.1. The molecule has 0 aromatic rings. The van der Waals surface area contributed by atoms with E-state index in [4.69, 9.17) is 4.74 Å². The van der Waals surface area contributed by atoms with E-state index >= 15 is 0 Å². The molecule has 3 aliphatic heterocycles. The van der Waals surface area contributed by atoms with Crippen LogP contribution in [0.2, 0.25) is 0 Å². The van der Waals surface area contributed by atoms with Crippen LogP contribution < -0.4 is 0 Å². The minimum Gasteiger partial charge on any atom is -0.396 e. The first kappa shape index (κ1) is 18.6. The highest BCUT2D eigenvalue weighted by molar-refractivity contribution is 5.80. The maximum absolute atomic E-state index is 12.9. The van der Waals surface area contributed by atoms with Gasteiger partial charge in [0, 0.05) is 71.2 Å². The second kappa shape index (κ2) is 8.47. The highest BCUT2D eigenvalue weighted by atomic mass is 16.5. The first-order valence-electron chi connectivity index (χ1n) is 9.53. The van der Waals surface area contributed by atoms with E-state index in [9.17, 15) is 14.7 Å². The van der Waals surface area contributed by atoms with Crippen molar-refractivity contribution in [3.8, 4) is 0 Å². The van der Waals surface area contributed by atoms with E-state index < -0.39 is 0 Å². The molecular weight excluding hydrogens is 322 g/mol. The fourth-order valence-corrected chi connectivity index (χ4v) is 4.35. The van der Waals surface area contributed by atoms with Gasteiger partial charge in [-0.3, -0.25) is 14.5 Å². The van der Waals surface area contributed by atoms with Gasteiger partial charge in [0.05, 0.1) is 13.2 Å². The Morgan fingerprint density at radius 3 is 2.24 bits per heavy atom. The number of aliphatic hydroxyl groups is 1.